The van der Waals surface area contributed by atoms with E-state index in [1.54, 1.807) is 22.7 Å². The zero-order chi connectivity index (χ0) is 20.1. The minimum absolute atomic E-state index is 0.0207. The van der Waals surface area contributed by atoms with Crippen molar-refractivity contribution in [2.24, 2.45) is 0 Å². The lowest BCUT2D eigenvalue weighted by molar-refractivity contribution is -0.120. The summed E-state index contributed by atoms with van der Waals surface area (Å²) in [5.41, 5.74) is 1.82. The molecule has 4 rings (SSSR count). The van der Waals surface area contributed by atoms with E-state index in [2.05, 4.69) is 44.3 Å². The minimum atomic E-state index is -0.0207. The van der Waals surface area contributed by atoms with Gasteiger partial charge in [0.25, 0.3) is 0 Å². The van der Waals surface area contributed by atoms with Crippen molar-refractivity contribution in [1.29, 1.82) is 0 Å². The maximum atomic E-state index is 12.3. The van der Waals surface area contributed by atoms with Gasteiger partial charge in [-0.2, -0.15) is 0 Å². The van der Waals surface area contributed by atoms with Gasteiger partial charge >= 0.3 is 0 Å². The van der Waals surface area contributed by atoms with Crippen molar-refractivity contribution >= 4 is 34.4 Å². The molecule has 0 spiro atoms. The van der Waals surface area contributed by atoms with E-state index < -0.39 is 0 Å². The topological polar surface area (TPSA) is 61.4 Å². The van der Waals surface area contributed by atoms with Crippen LogP contribution in [0.1, 0.15) is 17.7 Å². The Balaban J connectivity index is 1.27. The number of hydrogen-bond acceptors (Lipinski definition) is 7. The number of anilines is 1. The first-order valence-corrected chi connectivity index (χ1v) is 11.6. The second-order valence-corrected chi connectivity index (χ2v) is 9.05. The molecule has 29 heavy (non-hydrogen) atoms. The Labute approximate surface area is 179 Å². The van der Waals surface area contributed by atoms with Crippen LogP contribution in [0.3, 0.4) is 0 Å². The van der Waals surface area contributed by atoms with E-state index in [4.69, 9.17) is 0 Å². The van der Waals surface area contributed by atoms with E-state index >= 15 is 0 Å². The largest absolute Gasteiger partial charge is 0.355 e. The maximum Gasteiger partial charge on any atom is 0.226 e. The zero-order valence-electron chi connectivity index (χ0n) is 16.5. The number of amides is 1. The molecule has 0 aromatic carbocycles. The van der Waals surface area contributed by atoms with Crippen molar-refractivity contribution in [2.45, 2.75) is 19.4 Å². The van der Waals surface area contributed by atoms with Gasteiger partial charge in [0.05, 0.1) is 17.0 Å². The van der Waals surface area contributed by atoms with Gasteiger partial charge in [-0.3, -0.25) is 4.79 Å². The average molecular weight is 428 g/mol. The maximum absolute atomic E-state index is 12.3. The molecular weight excluding hydrogens is 402 g/mol. The van der Waals surface area contributed by atoms with E-state index in [-0.39, 0.29) is 5.91 Å². The molecule has 4 heterocycles. The standard InChI is InChI=1S/C21H25N5OS2/c1-25-7-3-8-26(10-9-25)19-6-5-16(13-22-19)14-23-20(27)12-17-15-29-21(24-17)18-4-2-11-28-18/h2,4-6,11,13,15H,3,7-10,12,14H2,1H3,(H,23,27). The summed E-state index contributed by atoms with van der Waals surface area (Å²) in [4.78, 5) is 27.3. The lowest BCUT2D eigenvalue weighted by atomic mass is 10.2. The molecule has 0 atom stereocenters. The highest BCUT2D eigenvalue weighted by atomic mass is 32.1. The molecule has 3 aromatic heterocycles. The summed E-state index contributed by atoms with van der Waals surface area (Å²) in [5, 5.41) is 7.95. The molecule has 1 N–H and O–H groups in total. The summed E-state index contributed by atoms with van der Waals surface area (Å²) in [5.74, 6) is 0.992. The molecule has 1 aliphatic heterocycles. The smallest absolute Gasteiger partial charge is 0.226 e. The molecule has 8 heteroatoms. The fourth-order valence-corrected chi connectivity index (χ4v) is 4.95. The molecule has 3 aromatic rings. The Bertz CT molecular complexity index is 923. The van der Waals surface area contributed by atoms with Gasteiger partial charge in [0.2, 0.25) is 5.91 Å². The number of thiophene rings is 1. The van der Waals surface area contributed by atoms with Crippen LogP contribution in [0.4, 0.5) is 5.82 Å². The number of nitrogens with one attached hydrogen (secondary N) is 1. The lowest BCUT2D eigenvalue weighted by Gasteiger charge is -2.21. The van der Waals surface area contributed by atoms with Gasteiger partial charge in [0, 0.05) is 37.8 Å². The van der Waals surface area contributed by atoms with Crippen molar-refractivity contribution in [3.8, 4) is 9.88 Å². The summed E-state index contributed by atoms with van der Waals surface area (Å²) in [6.45, 7) is 4.71. The summed E-state index contributed by atoms with van der Waals surface area (Å²) in [7, 11) is 2.16. The highest BCUT2D eigenvalue weighted by Crippen LogP contribution is 2.27. The fraction of sp³-hybridized carbons (Fsp3) is 0.381. The summed E-state index contributed by atoms with van der Waals surface area (Å²) in [6, 6.07) is 8.17. The van der Waals surface area contributed by atoms with E-state index in [9.17, 15) is 4.79 Å². The van der Waals surface area contributed by atoms with Crippen molar-refractivity contribution in [3.05, 3.63) is 52.5 Å². The molecule has 0 radical (unpaired) electrons. The molecule has 1 amide bonds. The predicted molar refractivity (Wildman–Crippen MR) is 120 cm³/mol. The van der Waals surface area contributed by atoms with Crippen LogP contribution in [0.5, 0.6) is 0 Å². The summed E-state index contributed by atoms with van der Waals surface area (Å²) < 4.78 is 0. The van der Waals surface area contributed by atoms with Crippen molar-refractivity contribution in [1.82, 2.24) is 20.2 Å². The molecule has 1 saturated heterocycles. The van der Waals surface area contributed by atoms with Crippen LogP contribution in [-0.2, 0) is 17.8 Å². The SMILES string of the molecule is CN1CCCN(c2ccc(CNC(=O)Cc3csc(-c4cccs4)n3)cn2)CC1. The Kier molecular flexibility index (Phi) is 6.53. The van der Waals surface area contributed by atoms with Crippen molar-refractivity contribution in [2.75, 3.05) is 38.1 Å². The third-order valence-corrected chi connectivity index (χ3v) is 6.90. The van der Waals surface area contributed by atoms with Gasteiger partial charge in [0.15, 0.2) is 0 Å². The van der Waals surface area contributed by atoms with Crippen LogP contribution < -0.4 is 10.2 Å². The number of pyridine rings is 1. The predicted octanol–water partition coefficient (Wildman–Crippen LogP) is 3.27. The van der Waals surface area contributed by atoms with Crippen LogP contribution in [0.15, 0.2) is 41.2 Å². The third kappa shape index (κ3) is 5.41. The van der Waals surface area contributed by atoms with Crippen molar-refractivity contribution < 1.29 is 4.79 Å². The van der Waals surface area contributed by atoms with E-state index in [1.807, 2.05) is 29.1 Å². The van der Waals surface area contributed by atoms with Crippen LogP contribution in [0, 0.1) is 0 Å². The number of rotatable bonds is 6. The van der Waals surface area contributed by atoms with Crippen LogP contribution in [-0.4, -0.2) is 54.0 Å². The summed E-state index contributed by atoms with van der Waals surface area (Å²) >= 11 is 3.25. The first-order valence-electron chi connectivity index (χ1n) is 9.81. The highest BCUT2D eigenvalue weighted by molar-refractivity contribution is 7.20. The molecule has 0 aliphatic carbocycles. The number of nitrogens with zero attached hydrogens (tertiary/aromatic N) is 4. The molecule has 6 nitrogen and oxygen atoms in total. The van der Waals surface area contributed by atoms with Crippen LogP contribution in [0.2, 0.25) is 0 Å². The zero-order valence-corrected chi connectivity index (χ0v) is 18.1. The Hall–Kier alpha value is -2.29. The lowest BCUT2D eigenvalue weighted by Crippen LogP contribution is -2.29. The highest BCUT2D eigenvalue weighted by Gasteiger charge is 2.14. The fourth-order valence-electron chi connectivity index (χ4n) is 3.31. The third-order valence-electron chi connectivity index (χ3n) is 4.97. The molecule has 0 unspecified atom stereocenters. The first kappa shape index (κ1) is 20.0. The van der Waals surface area contributed by atoms with E-state index in [0.29, 0.717) is 13.0 Å². The van der Waals surface area contributed by atoms with Crippen molar-refractivity contribution in [3.63, 3.8) is 0 Å². The van der Waals surface area contributed by atoms with E-state index in [0.717, 1.165) is 59.6 Å². The molecule has 0 saturated carbocycles. The second-order valence-electron chi connectivity index (χ2n) is 7.24. The monoisotopic (exact) mass is 427 g/mol. The quantitative estimate of drug-likeness (QED) is 0.654. The molecule has 1 fully saturated rings. The van der Waals surface area contributed by atoms with Gasteiger partial charge in [-0.15, -0.1) is 22.7 Å². The molecule has 152 valence electrons. The van der Waals surface area contributed by atoms with Gasteiger partial charge in [-0.1, -0.05) is 12.1 Å². The Morgan fingerprint density at radius 1 is 1.17 bits per heavy atom. The average Bonchev–Trinajstić information content (AvgIpc) is 3.37. The number of aromatic nitrogens is 2. The molecular formula is C21H25N5OS2. The van der Waals surface area contributed by atoms with Crippen LogP contribution in [0.25, 0.3) is 9.88 Å². The molecule has 0 bridgehead atoms. The second kappa shape index (κ2) is 9.47. The van der Waals surface area contributed by atoms with Gasteiger partial charge in [0.1, 0.15) is 10.8 Å². The number of hydrogen-bond donors (Lipinski definition) is 1. The number of carbonyl (C=O) groups is 1. The number of carbonyl (C=O) groups excluding carboxylic acids is 1. The number of thiazole rings is 1. The first-order chi connectivity index (χ1) is 14.2. The number of likely N-dealkylation sites (N-methyl/N-ethyl adjacent to an activating group) is 1. The Morgan fingerprint density at radius 2 is 2.10 bits per heavy atom. The van der Waals surface area contributed by atoms with Gasteiger partial charge in [-0.25, -0.2) is 9.97 Å². The minimum Gasteiger partial charge on any atom is -0.355 e. The normalized spacial score (nSPS) is 15.3. The van der Waals surface area contributed by atoms with Gasteiger partial charge < -0.3 is 15.1 Å². The summed E-state index contributed by atoms with van der Waals surface area (Å²) in [6.07, 6.45) is 3.32. The van der Waals surface area contributed by atoms with Crippen LogP contribution >= 0.6 is 22.7 Å². The molecule has 1 aliphatic rings. The van der Waals surface area contributed by atoms with Gasteiger partial charge in [-0.05, 0) is 43.1 Å². The Morgan fingerprint density at radius 3 is 2.90 bits per heavy atom. The van der Waals surface area contributed by atoms with E-state index in [1.165, 1.54) is 0 Å².